The van der Waals surface area contributed by atoms with Gasteiger partial charge < -0.3 is 5.11 Å². The van der Waals surface area contributed by atoms with E-state index in [9.17, 15) is 5.11 Å². The van der Waals surface area contributed by atoms with Gasteiger partial charge in [-0.25, -0.2) is 0 Å². The molecule has 0 bridgehead atoms. The fraction of sp³-hybridized carbons (Fsp3) is 0.571. The molecular weight excluding hydrogens is 184 g/mol. The molecule has 1 N–H and O–H groups in total. The maximum Gasteiger partial charge on any atom is 0.0574 e. The molecule has 1 heteroatoms. The Morgan fingerprint density at radius 2 is 2.07 bits per heavy atom. The van der Waals surface area contributed by atoms with Gasteiger partial charge in [0.25, 0.3) is 0 Å². The van der Waals surface area contributed by atoms with Gasteiger partial charge in [0.2, 0.25) is 0 Å². The van der Waals surface area contributed by atoms with E-state index >= 15 is 0 Å². The molecule has 1 saturated carbocycles. The van der Waals surface area contributed by atoms with E-state index in [2.05, 4.69) is 24.3 Å². The molecule has 2 atom stereocenters. The van der Waals surface area contributed by atoms with Crippen LogP contribution >= 0.6 is 0 Å². The van der Waals surface area contributed by atoms with Gasteiger partial charge in [-0.05, 0) is 48.6 Å². The molecule has 2 unspecified atom stereocenters. The second-order valence-corrected chi connectivity index (χ2v) is 5.09. The lowest BCUT2D eigenvalue weighted by molar-refractivity contribution is 0.0480. The Kier molecular flexibility index (Phi) is 2.28. The van der Waals surface area contributed by atoms with Crippen LogP contribution in [0.3, 0.4) is 0 Å². The molecule has 0 aromatic heterocycles. The third-order valence-electron chi connectivity index (χ3n) is 4.18. The number of aliphatic hydroxyl groups excluding tert-OH is 1. The van der Waals surface area contributed by atoms with Gasteiger partial charge >= 0.3 is 0 Å². The summed E-state index contributed by atoms with van der Waals surface area (Å²) in [5, 5.41) is 10.0. The summed E-state index contributed by atoms with van der Waals surface area (Å²) in [5.74, 6) is 1.24. The molecule has 3 rings (SSSR count). The van der Waals surface area contributed by atoms with Gasteiger partial charge in [0.05, 0.1) is 6.10 Å². The number of fused-ring (bicyclic) bond motifs is 1. The molecule has 15 heavy (non-hydrogen) atoms. The van der Waals surface area contributed by atoms with Crippen molar-refractivity contribution in [3.05, 3.63) is 35.4 Å². The highest BCUT2D eigenvalue weighted by Gasteiger charge is 2.32. The van der Waals surface area contributed by atoms with Crippen LogP contribution in [0.4, 0.5) is 0 Å². The Labute approximate surface area is 91.1 Å². The van der Waals surface area contributed by atoms with Gasteiger partial charge in [0, 0.05) is 0 Å². The summed E-state index contributed by atoms with van der Waals surface area (Å²) in [6, 6.07) is 8.65. The highest BCUT2D eigenvalue weighted by molar-refractivity contribution is 5.39. The van der Waals surface area contributed by atoms with Gasteiger partial charge in [0.1, 0.15) is 0 Å². The van der Waals surface area contributed by atoms with Crippen LogP contribution in [0.2, 0.25) is 0 Å². The molecule has 1 fully saturated rings. The lowest BCUT2D eigenvalue weighted by Crippen LogP contribution is -2.31. The Balaban J connectivity index is 1.62. The minimum Gasteiger partial charge on any atom is -0.393 e. The van der Waals surface area contributed by atoms with Gasteiger partial charge in [0.15, 0.2) is 0 Å². The summed E-state index contributed by atoms with van der Waals surface area (Å²) >= 11 is 0. The first-order valence-corrected chi connectivity index (χ1v) is 6.10. The summed E-state index contributed by atoms with van der Waals surface area (Å²) < 4.78 is 0. The molecule has 1 aromatic carbocycles. The normalized spacial score (nSPS) is 26.3. The predicted molar refractivity (Wildman–Crippen MR) is 60.9 cm³/mol. The van der Waals surface area contributed by atoms with Crippen molar-refractivity contribution in [2.45, 2.75) is 44.1 Å². The van der Waals surface area contributed by atoms with Crippen molar-refractivity contribution in [3.63, 3.8) is 0 Å². The van der Waals surface area contributed by atoms with Gasteiger partial charge in [-0.3, -0.25) is 0 Å². The molecule has 0 radical (unpaired) electrons. The summed E-state index contributed by atoms with van der Waals surface area (Å²) in [6.45, 7) is 0. The molecule has 2 aliphatic rings. The number of hydrogen-bond acceptors (Lipinski definition) is 1. The molecule has 2 aliphatic carbocycles. The molecule has 0 aliphatic heterocycles. The Hall–Kier alpha value is -0.820. The minimum absolute atomic E-state index is 0.0443. The van der Waals surface area contributed by atoms with Crippen molar-refractivity contribution >= 4 is 0 Å². The Bertz CT molecular complexity index is 354. The van der Waals surface area contributed by atoms with Crippen LogP contribution in [0.1, 0.15) is 42.7 Å². The topological polar surface area (TPSA) is 20.2 Å². The molecule has 0 heterocycles. The first kappa shape index (κ1) is 9.41. The standard InChI is InChI=1S/C14H18O/c15-14(10-5-3-6-10)9-12-8-11-4-1-2-7-13(11)12/h1-2,4,7,10,12,14-15H,3,5-6,8-9H2. The second kappa shape index (κ2) is 3.64. The van der Waals surface area contributed by atoms with E-state index in [4.69, 9.17) is 0 Å². The van der Waals surface area contributed by atoms with Crippen molar-refractivity contribution in [1.29, 1.82) is 0 Å². The van der Waals surface area contributed by atoms with E-state index in [1.807, 2.05) is 0 Å². The lowest BCUT2D eigenvalue weighted by Gasteiger charge is -2.36. The second-order valence-electron chi connectivity index (χ2n) is 5.09. The number of rotatable bonds is 3. The summed E-state index contributed by atoms with van der Waals surface area (Å²) in [6.07, 6.45) is 5.94. The van der Waals surface area contributed by atoms with E-state index in [0.717, 1.165) is 6.42 Å². The Morgan fingerprint density at radius 1 is 1.27 bits per heavy atom. The fourth-order valence-corrected chi connectivity index (χ4v) is 2.88. The summed E-state index contributed by atoms with van der Waals surface area (Å²) in [7, 11) is 0. The highest BCUT2D eigenvalue weighted by Crippen LogP contribution is 2.41. The van der Waals surface area contributed by atoms with Gasteiger partial charge in [-0.2, -0.15) is 0 Å². The Morgan fingerprint density at radius 3 is 2.73 bits per heavy atom. The molecule has 0 amide bonds. The van der Waals surface area contributed by atoms with E-state index in [1.165, 1.54) is 36.8 Å². The van der Waals surface area contributed by atoms with Crippen molar-refractivity contribution < 1.29 is 5.11 Å². The monoisotopic (exact) mass is 202 g/mol. The third kappa shape index (κ3) is 1.59. The summed E-state index contributed by atoms with van der Waals surface area (Å²) in [4.78, 5) is 0. The summed E-state index contributed by atoms with van der Waals surface area (Å²) in [5.41, 5.74) is 2.97. The largest absolute Gasteiger partial charge is 0.393 e. The molecule has 0 saturated heterocycles. The van der Waals surface area contributed by atoms with Crippen LogP contribution in [0.25, 0.3) is 0 Å². The zero-order valence-electron chi connectivity index (χ0n) is 9.02. The van der Waals surface area contributed by atoms with E-state index < -0.39 is 0 Å². The molecule has 0 spiro atoms. The SMILES string of the molecule is OC(CC1Cc2ccccc21)C1CCC1. The van der Waals surface area contributed by atoms with Crippen LogP contribution in [0, 0.1) is 5.92 Å². The van der Waals surface area contributed by atoms with Crippen LogP contribution in [0.5, 0.6) is 0 Å². The number of benzene rings is 1. The van der Waals surface area contributed by atoms with Gasteiger partial charge in [-0.1, -0.05) is 30.7 Å². The van der Waals surface area contributed by atoms with Gasteiger partial charge in [-0.15, -0.1) is 0 Å². The average molecular weight is 202 g/mol. The molecule has 1 nitrogen and oxygen atoms in total. The quantitative estimate of drug-likeness (QED) is 0.799. The molecular formula is C14H18O. The fourth-order valence-electron chi connectivity index (χ4n) is 2.88. The number of hydrogen-bond donors (Lipinski definition) is 1. The van der Waals surface area contributed by atoms with E-state index in [0.29, 0.717) is 11.8 Å². The molecule has 80 valence electrons. The lowest BCUT2D eigenvalue weighted by atomic mass is 9.71. The first-order valence-electron chi connectivity index (χ1n) is 6.10. The van der Waals surface area contributed by atoms with E-state index in [-0.39, 0.29) is 6.10 Å². The maximum atomic E-state index is 10.0. The zero-order chi connectivity index (χ0) is 10.3. The highest BCUT2D eigenvalue weighted by atomic mass is 16.3. The number of aliphatic hydroxyl groups is 1. The minimum atomic E-state index is -0.0443. The van der Waals surface area contributed by atoms with Crippen molar-refractivity contribution in [3.8, 4) is 0 Å². The zero-order valence-corrected chi connectivity index (χ0v) is 9.02. The van der Waals surface area contributed by atoms with Crippen LogP contribution < -0.4 is 0 Å². The van der Waals surface area contributed by atoms with Crippen LogP contribution in [0.15, 0.2) is 24.3 Å². The smallest absolute Gasteiger partial charge is 0.0574 e. The van der Waals surface area contributed by atoms with Crippen molar-refractivity contribution in [2.24, 2.45) is 5.92 Å². The average Bonchev–Trinajstić information content (AvgIpc) is 2.11. The van der Waals surface area contributed by atoms with Crippen LogP contribution in [-0.4, -0.2) is 11.2 Å². The third-order valence-corrected chi connectivity index (χ3v) is 4.18. The predicted octanol–water partition coefficient (Wildman–Crippen LogP) is 2.88. The van der Waals surface area contributed by atoms with Crippen LogP contribution in [-0.2, 0) is 6.42 Å². The first-order chi connectivity index (χ1) is 7.34. The maximum absolute atomic E-state index is 10.0. The van der Waals surface area contributed by atoms with E-state index in [1.54, 1.807) is 0 Å². The van der Waals surface area contributed by atoms with Crippen molar-refractivity contribution in [1.82, 2.24) is 0 Å². The van der Waals surface area contributed by atoms with Crippen molar-refractivity contribution in [2.75, 3.05) is 0 Å². The molecule has 1 aromatic rings.